The Morgan fingerprint density at radius 2 is 1.81 bits per heavy atom. The first-order valence-corrected chi connectivity index (χ1v) is 5.80. The van der Waals surface area contributed by atoms with Crippen molar-refractivity contribution in [2.45, 2.75) is 19.9 Å². The van der Waals surface area contributed by atoms with Crippen LogP contribution in [0.25, 0.3) is 0 Å². The lowest BCUT2D eigenvalue weighted by Crippen LogP contribution is -2.46. The summed E-state index contributed by atoms with van der Waals surface area (Å²) in [5.41, 5.74) is 6.08. The Bertz CT molecular complexity index is 268. The lowest BCUT2D eigenvalue weighted by molar-refractivity contribution is 0.196. The first-order chi connectivity index (χ1) is 7.70. The van der Waals surface area contributed by atoms with Gasteiger partial charge in [0.25, 0.3) is 0 Å². The minimum absolute atomic E-state index is 0.729. The van der Waals surface area contributed by atoms with Crippen LogP contribution in [0, 0.1) is 0 Å². The monoisotopic (exact) mass is 222 g/mol. The van der Waals surface area contributed by atoms with E-state index in [2.05, 4.69) is 29.0 Å². The van der Waals surface area contributed by atoms with Crippen molar-refractivity contribution >= 4 is 5.69 Å². The second-order valence-electron chi connectivity index (χ2n) is 4.16. The molecular formula is C12H22N4. The summed E-state index contributed by atoms with van der Waals surface area (Å²) < 4.78 is 0. The molecule has 0 atom stereocenters. The van der Waals surface area contributed by atoms with E-state index in [1.807, 2.05) is 0 Å². The highest BCUT2D eigenvalue weighted by Crippen LogP contribution is 1.97. The SMILES string of the molecule is CC(C)N1CCNCC1.Nc1ccncc1. The van der Waals surface area contributed by atoms with Crippen LogP contribution < -0.4 is 11.1 Å². The molecule has 4 heteroatoms. The summed E-state index contributed by atoms with van der Waals surface area (Å²) in [4.78, 5) is 6.26. The Labute approximate surface area is 97.9 Å². The smallest absolute Gasteiger partial charge is 0.0344 e. The number of anilines is 1. The van der Waals surface area contributed by atoms with Crippen molar-refractivity contribution in [1.82, 2.24) is 15.2 Å². The fourth-order valence-corrected chi connectivity index (χ4v) is 1.56. The Balaban J connectivity index is 0.000000165. The minimum atomic E-state index is 0.729. The molecule has 1 aromatic rings. The van der Waals surface area contributed by atoms with Gasteiger partial charge in [0.2, 0.25) is 0 Å². The van der Waals surface area contributed by atoms with Crippen molar-refractivity contribution in [3.63, 3.8) is 0 Å². The molecule has 1 fully saturated rings. The molecular weight excluding hydrogens is 200 g/mol. The van der Waals surface area contributed by atoms with Gasteiger partial charge in [-0.25, -0.2) is 0 Å². The molecule has 3 N–H and O–H groups in total. The third kappa shape index (κ3) is 5.09. The number of nitrogens with zero attached hydrogens (tertiary/aromatic N) is 2. The first kappa shape index (κ1) is 12.9. The number of aromatic nitrogens is 1. The molecule has 0 saturated carbocycles. The second-order valence-corrected chi connectivity index (χ2v) is 4.16. The lowest BCUT2D eigenvalue weighted by Gasteiger charge is -2.30. The molecule has 0 amide bonds. The standard InChI is InChI=1S/C7H16N2.C5H6N2/c1-7(2)9-5-3-8-4-6-9;6-5-1-3-7-4-2-5/h7-8H,3-6H2,1-2H3;1-4H,(H2,6,7). The number of nitrogen functional groups attached to an aromatic ring is 1. The highest BCUT2D eigenvalue weighted by atomic mass is 15.2. The van der Waals surface area contributed by atoms with Gasteiger partial charge in [-0.2, -0.15) is 0 Å². The Morgan fingerprint density at radius 3 is 2.12 bits per heavy atom. The van der Waals surface area contributed by atoms with Crippen molar-refractivity contribution in [1.29, 1.82) is 0 Å². The maximum Gasteiger partial charge on any atom is 0.0344 e. The fourth-order valence-electron chi connectivity index (χ4n) is 1.56. The summed E-state index contributed by atoms with van der Waals surface area (Å²) in [6.07, 6.45) is 3.32. The van der Waals surface area contributed by atoms with Crippen molar-refractivity contribution in [3.05, 3.63) is 24.5 Å². The van der Waals surface area contributed by atoms with E-state index >= 15 is 0 Å². The van der Waals surface area contributed by atoms with E-state index in [0.29, 0.717) is 0 Å². The number of pyridine rings is 1. The zero-order valence-corrected chi connectivity index (χ0v) is 10.2. The maximum atomic E-state index is 5.32. The summed E-state index contributed by atoms with van der Waals surface area (Å²) in [7, 11) is 0. The van der Waals surface area contributed by atoms with Gasteiger partial charge in [0.15, 0.2) is 0 Å². The van der Waals surface area contributed by atoms with Gasteiger partial charge in [0, 0.05) is 50.3 Å². The molecule has 16 heavy (non-hydrogen) atoms. The molecule has 0 bridgehead atoms. The number of nitrogens with two attached hydrogens (primary N) is 1. The second kappa shape index (κ2) is 7.19. The van der Waals surface area contributed by atoms with E-state index < -0.39 is 0 Å². The molecule has 0 radical (unpaired) electrons. The Hall–Kier alpha value is -1.13. The minimum Gasteiger partial charge on any atom is -0.399 e. The zero-order valence-electron chi connectivity index (χ0n) is 10.2. The predicted molar refractivity (Wildman–Crippen MR) is 68.2 cm³/mol. The number of hydrogen-bond acceptors (Lipinski definition) is 4. The molecule has 4 nitrogen and oxygen atoms in total. The van der Waals surface area contributed by atoms with Gasteiger partial charge in [-0.15, -0.1) is 0 Å². The average molecular weight is 222 g/mol. The zero-order chi connectivity index (χ0) is 11.8. The third-order valence-electron chi connectivity index (χ3n) is 2.59. The maximum absolute atomic E-state index is 5.32. The molecule has 90 valence electrons. The average Bonchev–Trinajstić information content (AvgIpc) is 2.32. The van der Waals surface area contributed by atoms with Crippen LogP contribution in [0.5, 0.6) is 0 Å². The largest absolute Gasteiger partial charge is 0.399 e. The van der Waals surface area contributed by atoms with Crippen molar-refractivity contribution in [2.75, 3.05) is 31.9 Å². The highest BCUT2D eigenvalue weighted by Gasteiger charge is 2.11. The van der Waals surface area contributed by atoms with Crippen LogP contribution in [0.1, 0.15) is 13.8 Å². The molecule has 0 spiro atoms. The number of nitrogens with one attached hydrogen (secondary N) is 1. The van der Waals surface area contributed by atoms with Crippen LogP contribution in [0.2, 0.25) is 0 Å². The summed E-state index contributed by atoms with van der Waals surface area (Å²) >= 11 is 0. The first-order valence-electron chi connectivity index (χ1n) is 5.80. The van der Waals surface area contributed by atoms with Crippen molar-refractivity contribution in [3.8, 4) is 0 Å². The van der Waals surface area contributed by atoms with Crippen LogP contribution in [-0.4, -0.2) is 42.1 Å². The van der Waals surface area contributed by atoms with E-state index in [0.717, 1.165) is 24.8 Å². The van der Waals surface area contributed by atoms with Crippen molar-refractivity contribution in [2.24, 2.45) is 0 Å². The number of piperazine rings is 1. The number of rotatable bonds is 1. The fraction of sp³-hybridized carbons (Fsp3) is 0.583. The van der Waals surface area contributed by atoms with Crippen LogP contribution in [0.3, 0.4) is 0 Å². The summed E-state index contributed by atoms with van der Waals surface area (Å²) in [5, 5.41) is 3.33. The van der Waals surface area contributed by atoms with E-state index in [-0.39, 0.29) is 0 Å². The summed E-state index contributed by atoms with van der Waals surface area (Å²) in [5.74, 6) is 0. The highest BCUT2D eigenvalue weighted by molar-refractivity contribution is 5.33. The summed E-state index contributed by atoms with van der Waals surface area (Å²) in [6, 6.07) is 4.23. The molecule has 0 aromatic carbocycles. The molecule has 1 aromatic heterocycles. The summed E-state index contributed by atoms with van der Waals surface area (Å²) in [6.45, 7) is 9.28. The van der Waals surface area contributed by atoms with Gasteiger partial charge < -0.3 is 11.1 Å². The molecule has 1 saturated heterocycles. The van der Waals surface area contributed by atoms with Gasteiger partial charge in [0.1, 0.15) is 0 Å². The van der Waals surface area contributed by atoms with E-state index in [1.54, 1.807) is 24.5 Å². The van der Waals surface area contributed by atoms with Gasteiger partial charge in [-0.05, 0) is 26.0 Å². The Morgan fingerprint density at radius 1 is 1.25 bits per heavy atom. The normalized spacial score (nSPS) is 16.7. The van der Waals surface area contributed by atoms with E-state index in [9.17, 15) is 0 Å². The lowest BCUT2D eigenvalue weighted by atomic mass is 10.3. The molecule has 2 heterocycles. The third-order valence-corrected chi connectivity index (χ3v) is 2.59. The van der Waals surface area contributed by atoms with Gasteiger partial charge in [-0.1, -0.05) is 0 Å². The topological polar surface area (TPSA) is 54.2 Å². The number of hydrogen-bond donors (Lipinski definition) is 2. The van der Waals surface area contributed by atoms with Gasteiger partial charge in [0.05, 0.1) is 0 Å². The Kier molecular flexibility index (Phi) is 5.82. The van der Waals surface area contributed by atoms with Crippen LogP contribution in [0.15, 0.2) is 24.5 Å². The quantitative estimate of drug-likeness (QED) is 0.743. The van der Waals surface area contributed by atoms with Crippen LogP contribution in [0.4, 0.5) is 5.69 Å². The molecule has 0 unspecified atom stereocenters. The van der Waals surface area contributed by atoms with Crippen LogP contribution in [-0.2, 0) is 0 Å². The van der Waals surface area contributed by atoms with Crippen molar-refractivity contribution < 1.29 is 0 Å². The molecule has 1 aliphatic heterocycles. The van der Waals surface area contributed by atoms with E-state index in [4.69, 9.17) is 5.73 Å². The van der Waals surface area contributed by atoms with Gasteiger partial charge in [-0.3, -0.25) is 9.88 Å². The predicted octanol–water partition coefficient (Wildman–Crippen LogP) is 0.964. The molecule has 0 aliphatic carbocycles. The van der Waals surface area contributed by atoms with E-state index in [1.165, 1.54) is 13.1 Å². The van der Waals surface area contributed by atoms with Gasteiger partial charge >= 0.3 is 0 Å². The molecule has 2 rings (SSSR count). The van der Waals surface area contributed by atoms with Crippen LogP contribution >= 0.6 is 0 Å². The molecule has 1 aliphatic rings.